The topological polar surface area (TPSA) is 68.5 Å². The highest BCUT2D eigenvalue weighted by Gasteiger charge is 2.34. The molecule has 0 aliphatic carbocycles. The van der Waals surface area contributed by atoms with E-state index in [2.05, 4.69) is 55.4 Å². The van der Waals surface area contributed by atoms with E-state index in [1.54, 1.807) is 12.3 Å². The molecule has 1 atom stereocenters. The monoisotopic (exact) mass is 312 g/mol. The number of rotatable bonds is 3. The van der Waals surface area contributed by atoms with Gasteiger partial charge in [-0.3, -0.25) is 4.79 Å². The van der Waals surface area contributed by atoms with Crippen molar-refractivity contribution in [3.05, 3.63) is 28.8 Å². The second-order valence-corrected chi connectivity index (χ2v) is 6.87. The summed E-state index contributed by atoms with van der Waals surface area (Å²) >= 11 is 0. The van der Waals surface area contributed by atoms with Crippen LogP contribution in [0.15, 0.2) is 17.2 Å². The van der Waals surface area contributed by atoms with Crippen LogP contribution >= 0.6 is 0 Å². The van der Waals surface area contributed by atoms with Gasteiger partial charge in [0.1, 0.15) is 6.42 Å². The lowest BCUT2D eigenvalue weighted by molar-refractivity contribution is -0.120. The first-order chi connectivity index (χ1) is 10.8. The first-order valence-corrected chi connectivity index (χ1v) is 7.83. The molecule has 2 rings (SSSR count). The number of fused-ring (bicyclic) bond motifs is 1. The van der Waals surface area contributed by atoms with E-state index >= 15 is 0 Å². The summed E-state index contributed by atoms with van der Waals surface area (Å²) in [5.74, 6) is 0.0753. The van der Waals surface area contributed by atoms with Crippen molar-refractivity contribution in [3.8, 4) is 6.07 Å². The molecule has 5 nitrogen and oxygen atoms in total. The molecule has 0 spiro atoms. The van der Waals surface area contributed by atoms with Gasteiger partial charge in [0.2, 0.25) is 0 Å². The third-order valence-corrected chi connectivity index (χ3v) is 4.65. The molecular formula is C18H24N4O. The Kier molecular flexibility index (Phi) is 4.74. The number of hydrogen-bond acceptors (Lipinski definition) is 4. The van der Waals surface area contributed by atoms with Gasteiger partial charge in [0, 0.05) is 18.3 Å². The smallest absolute Gasteiger partial charge is 0.254 e. The van der Waals surface area contributed by atoms with Gasteiger partial charge in [0.25, 0.3) is 5.91 Å². The van der Waals surface area contributed by atoms with E-state index in [1.165, 1.54) is 11.3 Å². The quantitative estimate of drug-likeness (QED) is 0.689. The molecule has 1 unspecified atom stereocenters. The molecule has 0 saturated heterocycles. The van der Waals surface area contributed by atoms with E-state index < -0.39 is 5.91 Å². The van der Waals surface area contributed by atoms with E-state index in [9.17, 15) is 4.79 Å². The normalized spacial score (nSPS) is 19.3. The minimum atomic E-state index is -0.394. The number of hydrazone groups is 1. The van der Waals surface area contributed by atoms with Gasteiger partial charge in [0.05, 0.1) is 12.3 Å². The fraction of sp³-hybridized carbons (Fsp3) is 0.500. The summed E-state index contributed by atoms with van der Waals surface area (Å²) in [5, 5.41) is 12.4. The third-order valence-electron chi connectivity index (χ3n) is 4.65. The fourth-order valence-electron chi connectivity index (χ4n) is 3.16. The Hall–Kier alpha value is -2.35. The van der Waals surface area contributed by atoms with E-state index in [0.717, 1.165) is 17.5 Å². The molecule has 1 aromatic carbocycles. The summed E-state index contributed by atoms with van der Waals surface area (Å²) in [6.07, 6.45) is 2.56. The van der Waals surface area contributed by atoms with Crippen LogP contribution in [0.1, 0.15) is 56.2 Å². The van der Waals surface area contributed by atoms with E-state index in [4.69, 9.17) is 5.26 Å². The first kappa shape index (κ1) is 17.0. The van der Waals surface area contributed by atoms with Crippen molar-refractivity contribution >= 4 is 17.8 Å². The van der Waals surface area contributed by atoms with E-state index in [0.29, 0.717) is 5.92 Å². The molecule has 0 bridgehead atoms. The van der Waals surface area contributed by atoms with Gasteiger partial charge in [-0.2, -0.15) is 10.4 Å². The summed E-state index contributed by atoms with van der Waals surface area (Å²) in [6.45, 7) is 8.82. The number of nitrogens with one attached hydrogen (secondary N) is 1. The average molecular weight is 312 g/mol. The van der Waals surface area contributed by atoms with Crippen molar-refractivity contribution in [2.75, 3.05) is 11.9 Å². The van der Waals surface area contributed by atoms with Gasteiger partial charge >= 0.3 is 0 Å². The Morgan fingerprint density at radius 1 is 1.57 bits per heavy atom. The lowest BCUT2D eigenvalue weighted by Crippen LogP contribution is -2.45. The largest absolute Gasteiger partial charge is 0.369 e. The molecule has 1 heterocycles. The zero-order valence-corrected chi connectivity index (χ0v) is 14.5. The SMILES string of the molecule is Cc1cc2c(cc1/C=N/NC(=O)CC#N)C(C)CC(C)(C)N2C. The van der Waals surface area contributed by atoms with Crippen LogP contribution in [-0.4, -0.2) is 24.7 Å². The lowest BCUT2D eigenvalue weighted by atomic mass is 9.79. The lowest BCUT2D eigenvalue weighted by Gasteiger charge is -2.45. The Morgan fingerprint density at radius 2 is 2.26 bits per heavy atom. The maximum absolute atomic E-state index is 11.3. The van der Waals surface area contributed by atoms with Crippen LogP contribution in [0.5, 0.6) is 0 Å². The fourth-order valence-corrected chi connectivity index (χ4v) is 3.16. The molecule has 1 aliphatic rings. The second kappa shape index (κ2) is 6.41. The van der Waals surface area contributed by atoms with Crippen molar-refractivity contribution in [2.24, 2.45) is 5.10 Å². The predicted octanol–water partition coefficient (Wildman–Crippen LogP) is 3.08. The van der Waals surface area contributed by atoms with Crippen molar-refractivity contribution < 1.29 is 4.79 Å². The Morgan fingerprint density at radius 3 is 2.91 bits per heavy atom. The number of aryl methyl sites for hydroxylation is 1. The summed E-state index contributed by atoms with van der Waals surface area (Å²) < 4.78 is 0. The maximum atomic E-state index is 11.3. The van der Waals surface area contributed by atoms with E-state index in [-0.39, 0.29) is 12.0 Å². The van der Waals surface area contributed by atoms with Crippen LogP contribution in [0.25, 0.3) is 0 Å². The van der Waals surface area contributed by atoms with Crippen molar-refractivity contribution in [3.63, 3.8) is 0 Å². The number of benzene rings is 1. The zero-order chi connectivity index (χ0) is 17.2. The Balaban J connectivity index is 2.29. The van der Waals surface area contributed by atoms with Crippen LogP contribution in [0, 0.1) is 18.3 Å². The number of amides is 1. The van der Waals surface area contributed by atoms with Crippen molar-refractivity contribution in [1.29, 1.82) is 5.26 Å². The summed E-state index contributed by atoms with van der Waals surface area (Å²) in [6, 6.07) is 6.13. The summed E-state index contributed by atoms with van der Waals surface area (Å²) in [7, 11) is 2.14. The van der Waals surface area contributed by atoms with Crippen LogP contribution in [0.3, 0.4) is 0 Å². The first-order valence-electron chi connectivity index (χ1n) is 7.83. The Bertz CT molecular complexity index is 685. The average Bonchev–Trinajstić information content (AvgIpc) is 2.46. The highest BCUT2D eigenvalue weighted by atomic mass is 16.2. The summed E-state index contributed by atoms with van der Waals surface area (Å²) in [4.78, 5) is 13.6. The molecule has 1 aromatic rings. The van der Waals surface area contributed by atoms with Gasteiger partial charge in [-0.05, 0) is 61.9 Å². The molecule has 1 aliphatic heterocycles. The van der Waals surface area contributed by atoms with Crippen LogP contribution in [0.2, 0.25) is 0 Å². The molecule has 0 fully saturated rings. The minimum absolute atomic E-state index is 0.139. The Labute approximate surface area is 138 Å². The van der Waals surface area contributed by atoms with Gasteiger partial charge in [0.15, 0.2) is 0 Å². The van der Waals surface area contributed by atoms with Gasteiger partial charge in [-0.1, -0.05) is 6.92 Å². The molecule has 1 amide bonds. The van der Waals surface area contributed by atoms with E-state index in [1.807, 2.05) is 6.92 Å². The molecule has 0 aromatic heterocycles. The number of anilines is 1. The number of nitriles is 1. The number of carbonyl (C=O) groups is 1. The molecule has 1 N–H and O–H groups in total. The third kappa shape index (κ3) is 3.53. The number of nitrogens with zero attached hydrogens (tertiary/aromatic N) is 3. The molecule has 0 saturated carbocycles. The van der Waals surface area contributed by atoms with Gasteiger partial charge < -0.3 is 4.90 Å². The van der Waals surface area contributed by atoms with Crippen LogP contribution in [-0.2, 0) is 4.79 Å². The van der Waals surface area contributed by atoms with Crippen molar-refractivity contribution in [2.45, 2.75) is 52.0 Å². The van der Waals surface area contributed by atoms with Crippen molar-refractivity contribution in [1.82, 2.24) is 5.43 Å². The highest BCUT2D eigenvalue weighted by Crippen LogP contribution is 2.43. The second-order valence-electron chi connectivity index (χ2n) is 6.87. The minimum Gasteiger partial charge on any atom is -0.369 e. The van der Waals surface area contributed by atoms with Gasteiger partial charge in [-0.15, -0.1) is 0 Å². The molecular weight excluding hydrogens is 288 g/mol. The predicted molar refractivity (Wildman–Crippen MR) is 92.7 cm³/mol. The van der Waals surface area contributed by atoms with Gasteiger partial charge in [-0.25, -0.2) is 5.43 Å². The highest BCUT2D eigenvalue weighted by molar-refractivity contribution is 5.86. The maximum Gasteiger partial charge on any atom is 0.254 e. The molecule has 5 heteroatoms. The van der Waals surface area contributed by atoms with Crippen LogP contribution in [0.4, 0.5) is 5.69 Å². The van der Waals surface area contributed by atoms with Crippen LogP contribution < -0.4 is 10.3 Å². The molecule has 0 radical (unpaired) electrons. The molecule has 23 heavy (non-hydrogen) atoms. The summed E-state index contributed by atoms with van der Waals surface area (Å²) in [5.41, 5.74) is 7.17. The zero-order valence-electron chi connectivity index (χ0n) is 14.5. The number of hydrogen-bond donors (Lipinski definition) is 1. The number of carbonyl (C=O) groups excluding carboxylic acids is 1. The standard InChI is InChI=1S/C18H24N4O/c1-12-8-16-15(13(2)10-18(3,4)22(16)5)9-14(12)11-20-21-17(23)6-7-19/h8-9,11,13H,6,10H2,1-5H3,(H,21,23)/b20-11+. The molecule has 122 valence electrons.